The van der Waals surface area contributed by atoms with Crippen LogP contribution in [0, 0.1) is 0 Å². The summed E-state index contributed by atoms with van der Waals surface area (Å²) in [7, 11) is 0. The summed E-state index contributed by atoms with van der Waals surface area (Å²) in [5.74, 6) is 2.30. The van der Waals surface area contributed by atoms with Crippen LogP contribution in [0.5, 0.6) is 0 Å². The average Bonchev–Trinajstić information content (AvgIpc) is 1.41. The normalized spacial score (nSPS) is 5.67. The van der Waals surface area contributed by atoms with E-state index in [4.69, 9.17) is 0 Å². The number of halogens is 1. The Labute approximate surface area is 56.8 Å². The van der Waals surface area contributed by atoms with E-state index in [0.717, 1.165) is 15.2 Å². The first-order valence-corrected chi connectivity index (χ1v) is 4.16. The molecular weight excluding hydrogens is 155 g/mol. The quantitative estimate of drug-likeness (QED) is 0.440. The molecule has 0 aromatic carbocycles. The van der Waals surface area contributed by atoms with Crippen LogP contribution in [0.2, 0.25) is 11.1 Å². The monoisotopic (exact) mass is 164 g/mol. The molecule has 0 aliphatic carbocycles. The van der Waals surface area contributed by atoms with Crippen LogP contribution in [-0.2, 0) is 0 Å². The number of hydrogen-bond acceptors (Lipinski definition) is 0. The zero-order chi connectivity index (χ0) is 4.12. The molecule has 36 valence electrons. The zero-order valence-electron chi connectivity index (χ0n) is 4.37. The minimum atomic E-state index is 0. The second kappa shape index (κ2) is 9.38. The third kappa shape index (κ3) is 8.89. The largest absolute Gasteiger partial charge is 1.00 e. The molecule has 0 atom stereocenters. The molecule has 0 nitrogen and oxygen atoms in total. The van der Waals surface area contributed by atoms with Crippen molar-refractivity contribution in [1.29, 1.82) is 0 Å². The first-order valence-electron chi connectivity index (χ1n) is 2.19. The second-order valence-electron chi connectivity index (χ2n) is 1.20. The van der Waals surface area contributed by atoms with E-state index in [1.54, 1.807) is 0 Å². The molecule has 0 aliphatic heterocycles. The molecule has 0 radical (unpaired) electrons. The van der Waals surface area contributed by atoms with Crippen LogP contribution in [0.4, 0.5) is 0 Å². The summed E-state index contributed by atoms with van der Waals surface area (Å²) in [5.41, 5.74) is 0. The molecule has 0 saturated heterocycles. The molecular formula is C4H10AlBr. The van der Waals surface area contributed by atoms with Crippen LogP contribution in [-0.4, -0.2) is 15.2 Å². The number of hydrogen-bond donors (Lipinski definition) is 0. The Morgan fingerprint density at radius 3 is 2.00 bits per heavy atom. The van der Waals surface area contributed by atoms with Crippen LogP contribution in [0.25, 0.3) is 0 Å². The molecule has 2 heteroatoms. The predicted octanol–water partition coefficient (Wildman–Crippen LogP) is -1.43. The Morgan fingerprint density at radius 2 is 2.00 bits per heavy atom. The van der Waals surface area contributed by atoms with Gasteiger partial charge in [-0.3, -0.25) is 0 Å². The maximum Gasteiger partial charge on any atom is -1.00 e. The minimum absolute atomic E-state index is 0. The minimum Gasteiger partial charge on any atom is -1.00 e. The molecule has 0 spiro atoms. The average molecular weight is 165 g/mol. The third-order valence-corrected chi connectivity index (χ3v) is 1.73. The molecule has 0 rings (SSSR count). The van der Waals surface area contributed by atoms with Gasteiger partial charge in [0, 0.05) is 0 Å². The van der Waals surface area contributed by atoms with E-state index in [-0.39, 0.29) is 17.0 Å². The summed E-state index contributed by atoms with van der Waals surface area (Å²) in [4.78, 5) is 0. The summed E-state index contributed by atoms with van der Waals surface area (Å²) in [6.07, 6.45) is 1.38. The number of rotatable bonds is 2. The van der Waals surface area contributed by atoms with Crippen molar-refractivity contribution >= 4 is 15.2 Å². The van der Waals surface area contributed by atoms with Gasteiger partial charge in [-0.15, -0.1) is 0 Å². The summed E-state index contributed by atoms with van der Waals surface area (Å²) in [6.45, 7) is 2.23. The van der Waals surface area contributed by atoms with E-state index in [1.165, 1.54) is 11.7 Å². The van der Waals surface area contributed by atoms with E-state index in [0.29, 0.717) is 0 Å². The predicted molar refractivity (Wildman–Crippen MR) is 26.7 cm³/mol. The molecule has 0 aromatic rings. The van der Waals surface area contributed by atoms with Gasteiger partial charge in [-0.05, 0) is 0 Å². The molecule has 0 fully saturated rings. The summed E-state index contributed by atoms with van der Waals surface area (Å²) in [6, 6.07) is 0. The molecule has 0 saturated carbocycles. The van der Waals surface area contributed by atoms with E-state index in [1.807, 2.05) is 0 Å². The Balaban J connectivity index is 0. The van der Waals surface area contributed by atoms with E-state index >= 15 is 0 Å². The molecule has 0 N–H and O–H groups in total. The van der Waals surface area contributed by atoms with E-state index < -0.39 is 0 Å². The molecule has 0 unspecified atom stereocenters. The fourth-order valence-electron chi connectivity index (χ4n) is 0.289. The van der Waals surface area contributed by atoms with Gasteiger partial charge in [0.1, 0.15) is 0 Å². The Kier molecular flexibility index (Phi) is 15.8. The van der Waals surface area contributed by atoms with Crippen LogP contribution >= 0.6 is 0 Å². The van der Waals surface area contributed by atoms with E-state index in [9.17, 15) is 0 Å². The Bertz CT molecular complexity index is 15.0. The van der Waals surface area contributed by atoms with Crippen LogP contribution in [0.1, 0.15) is 13.3 Å². The summed E-state index contributed by atoms with van der Waals surface area (Å²) in [5, 5.41) is 1.47. The molecule has 0 heterocycles. The molecule has 6 heavy (non-hydrogen) atoms. The third-order valence-electron chi connectivity index (χ3n) is 0.577. The summed E-state index contributed by atoms with van der Waals surface area (Å²) >= 11 is 0.786. The maximum absolute atomic E-state index is 2.30. The molecule has 0 aromatic heterocycles. The van der Waals surface area contributed by atoms with E-state index in [2.05, 4.69) is 12.7 Å². The van der Waals surface area contributed by atoms with Gasteiger partial charge in [-0.25, -0.2) is 0 Å². The van der Waals surface area contributed by atoms with Crippen molar-refractivity contribution in [3.63, 3.8) is 0 Å². The van der Waals surface area contributed by atoms with Gasteiger partial charge < -0.3 is 17.0 Å². The molecule has 0 aliphatic rings. The van der Waals surface area contributed by atoms with Crippen molar-refractivity contribution in [3.8, 4) is 0 Å². The first-order chi connectivity index (χ1) is 2.41. The van der Waals surface area contributed by atoms with Crippen molar-refractivity contribution in [3.05, 3.63) is 0 Å². The van der Waals surface area contributed by atoms with Crippen molar-refractivity contribution < 1.29 is 17.0 Å². The zero-order valence-corrected chi connectivity index (χ0v) is 7.11. The Hall–Kier alpha value is 1.01. The van der Waals surface area contributed by atoms with Crippen LogP contribution in [0.15, 0.2) is 0 Å². The SMILES string of the molecule is CC[CH2][Al+][CH3].[Br-]. The summed E-state index contributed by atoms with van der Waals surface area (Å²) < 4.78 is 0. The van der Waals surface area contributed by atoms with Gasteiger partial charge in [0.05, 0.1) is 0 Å². The van der Waals surface area contributed by atoms with Crippen molar-refractivity contribution in [2.75, 3.05) is 0 Å². The van der Waals surface area contributed by atoms with Gasteiger partial charge in [0.15, 0.2) is 0 Å². The Morgan fingerprint density at radius 1 is 1.50 bits per heavy atom. The first kappa shape index (κ1) is 10.1. The van der Waals surface area contributed by atoms with Crippen molar-refractivity contribution in [2.45, 2.75) is 24.4 Å². The van der Waals surface area contributed by atoms with Gasteiger partial charge in [-0.1, -0.05) is 0 Å². The standard InChI is InChI=1S/C3H7.CH3.Al.BrH/c1-3-2;;;/h1,3H2,2H3;1H3;;1H/q;;+1;/p-1. The van der Waals surface area contributed by atoms with Gasteiger partial charge in [-0.2, -0.15) is 0 Å². The second-order valence-corrected chi connectivity index (χ2v) is 2.59. The maximum atomic E-state index is 2.30. The fraction of sp³-hybridized carbons (Fsp3) is 1.00. The topological polar surface area (TPSA) is 0 Å². The fourth-order valence-corrected chi connectivity index (χ4v) is 0.866. The van der Waals surface area contributed by atoms with Gasteiger partial charge in [0.25, 0.3) is 0 Å². The van der Waals surface area contributed by atoms with Crippen molar-refractivity contribution in [2.24, 2.45) is 0 Å². The van der Waals surface area contributed by atoms with Gasteiger partial charge in [0.2, 0.25) is 0 Å². The molecule has 0 amide bonds. The van der Waals surface area contributed by atoms with Gasteiger partial charge >= 0.3 is 39.6 Å². The molecule has 0 bridgehead atoms. The smallest absolute Gasteiger partial charge is 1.00 e. The van der Waals surface area contributed by atoms with Crippen molar-refractivity contribution in [1.82, 2.24) is 0 Å². The van der Waals surface area contributed by atoms with Crippen LogP contribution < -0.4 is 17.0 Å². The van der Waals surface area contributed by atoms with Crippen LogP contribution in [0.3, 0.4) is 0 Å².